The van der Waals surface area contributed by atoms with E-state index in [2.05, 4.69) is 0 Å². The van der Waals surface area contributed by atoms with Crippen LogP contribution in [0.15, 0.2) is 0 Å². The van der Waals surface area contributed by atoms with E-state index in [9.17, 15) is 0 Å². The van der Waals surface area contributed by atoms with Gasteiger partial charge in [0, 0.05) is 9.52 Å². The first-order chi connectivity index (χ1) is 3.50. The van der Waals surface area contributed by atoms with Crippen molar-refractivity contribution in [1.82, 2.24) is 0 Å². The summed E-state index contributed by atoms with van der Waals surface area (Å²) in [5.74, 6) is 0. The van der Waals surface area contributed by atoms with Crippen molar-refractivity contribution in [3.63, 3.8) is 0 Å². The van der Waals surface area contributed by atoms with Gasteiger partial charge in [0.25, 0.3) is 0 Å². The average Bonchev–Trinajstić information content (AvgIpc) is 1.90. The van der Waals surface area contributed by atoms with Gasteiger partial charge in [-0.2, -0.15) is 0 Å². The predicted molar refractivity (Wildman–Crippen MR) is 33.8 cm³/mol. The molecule has 0 nitrogen and oxygen atoms in total. The van der Waals surface area contributed by atoms with Gasteiger partial charge in [0.1, 0.15) is 0 Å². The SMILES string of the molecule is C1CCC[Si]CC1. The van der Waals surface area contributed by atoms with Gasteiger partial charge in [0.15, 0.2) is 0 Å². The lowest BCUT2D eigenvalue weighted by Crippen LogP contribution is -1.81. The zero-order valence-electron chi connectivity index (χ0n) is 4.74. The van der Waals surface area contributed by atoms with Crippen molar-refractivity contribution in [2.75, 3.05) is 0 Å². The van der Waals surface area contributed by atoms with Crippen LogP contribution in [-0.2, 0) is 0 Å². The van der Waals surface area contributed by atoms with Gasteiger partial charge in [0.05, 0.1) is 0 Å². The molecule has 0 aromatic carbocycles. The summed E-state index contributed by atoms with van der Waals surface area (Å²) in [5.41, 5.74) is 0. The third kappa shape index (κ3) is 2.12. The third-order valence-corrected chi connectivity index (χ3v) is 2.87. The van der Waals surface area contributed by atoms with Crippen LogP contribution < -0.4 is 0 Å². The van der Waals surface area contributed by atoms with Crippen molar-refractivity contribution in [3.05, 3.63) is 0 Å². The zero-order chi connectivity index (χ0) is 4.95. The molecule has 7 heavy (non-hydrogen) atoms. The van der Waals surface area contributed by atoms with Crippen molar-refractivity contribution in [3.8, 4) is 0 Å². The second-order valence-corrected chi connectivity index (χ2v) is 3.66. The second-order valence-electron chi connectivity index (χ2n) is 2.16. The van der Waals surface area contributed by atoms with Crippen LogP contribution in [0.25, 0.3) is 0 Å². The fourth-order valence-corrected chi connectivity index (χ4v) is 2.23. The molecule has 1 fully saturated rings. The first-order valence-corrected chi connectivity index (χ1v) is 4.62. The van der Waals surface area contributed by atoms with Gasteiger partial charge in [-0.05, 0) is 0 Å². The highest BCUT2D eigenvalue weighted by atomic mass is 28.2. The van der Waals surface area contributed by atoms with Crippen molar-refractivity contribution in [2.24, 2.45) is 0 Å². The molecule has 0 N–H and O–H groups in total. The molecule has 1 saturated heterocycles. The summed E-state index contributed by atoms with van der Waals surface area (Å²) >= 11 is 0. The monoisotopic (exact) mass is 112 g/mol. The fraction of sp³-hybridized carbons (Fsp3) is 1.00. The van der Waals surface area contributed by atoms with Gasteiger partial charge in [-0.25, -0.2) is 0 Å². The van der Waals surface area contributed by atoms with E-state index in [1.54, 1.807) is 0 Å². The van der Waals surface area contributed by atoms with Crippen LogP contribution >= 0.6 is 0 Å². The smallest absolute Gasteiger partial charge is 0.0378 e. The predicted octanol–water partition coefficient (Wildman–Crippen LogP) is 2.10. The highest BCUT2D eigenvalue weighted by Crippen LogP contribution is 2.11. The molecule has 1 heterocycles. The summed E-state index contributed by atoms with van der Waals surface area (Å²) in [7, 11) is 1.29. The van der Waals surface area contributed by atoms with Crippen LogP contribution in [0.3, 0.4) is 0 Å². The molecule has 1 aliphatic rings. The lowest BCUT2D eigenvalue weighted by molar-refractivity contribution is 0.720. The molecule has 0 amide bonds. The molecular formula is C6H12Si. The lowest BCUT2D eigenvalue weighted by Gasteiger charge is -1.86. The summed E-state index contributed by atoms with van der Waals surface area (Å²) in [6.07, 6.45) is 6.04. The van der Waals surface area contributed by atoms with Crippen LogP contribution in [-0.4, -0.2) is 9.52 Å². The van der Waals surface area contributed by atoms with Crippen LogP contribution in [0.5, 0.6) is 0 Å². The van der Waals surface area contributed by atoms with E-state index in [0.717, 1.165) is 0 Å². The van der Waals surface area contributed by atoms with E-state index >= 15 is 0 Å². The minimum Gasteiger partial charge on any atom is -0.0612 e. The van der Waals surface area contributed by atoms with Gasteiger partial charge < -0.3 is 0 Å². The van der Waals surface area contributed by atoms with E-state index in [1.165, 1.54) is 47.3 Å². The van der Waals surface area contributed by atoms with Gasteiger partial charge in [-0.3, -0.25) is 0 Å². The Kier molecular flexibility index (Phi) is 2.49. The first-order valence-electron chi connectivity index (χ1n) is 3.21. The van der Waals surface area contributed by atoms with Crippen LogP contribution in [0, 0.1) is 0 Å². The lowest BCUT2D eigenvalue weighted by atomic mass is 10.2. The maximum absolute atomic E-state index is 1.53. The van der Waals surface area contributed by atoms with E-state index in [0.29, 0.717) is 0 Å². The molecular weight excluding hydrogens is 100 g/mol. The number of hydrogen-bond donors (Lipinski definition) is 0. The quantitative estimate of drug-likeness (QED) is 0.421. The standard InChI is InChI=1S/C6H12Si/c1-2-4-6-7-5-3-1/h1-6H2. The number of hydrogen-bond acceptors (Lipinski definition) is 0. The summed E-state index contributed by atoms with van der Waals surface area (Å²) in [6.45, 7) is 0. The maximum Gasteiger partial charge on any atom is 0.0378 e. The highest BCUT2D eigenvalue weighted by molar-refractivity contribution is 6.35. The van der Waals surface area contributed by atoms with Gasteiger partial charge in [0.2, 0.25) is 0 Å². The Bertz CT molecular complexity index is 23.8. The largest absolute Gasteiger partial charge is 0.0612 e. The van der Waals surface area contributed by atoms with Crippen LogP contribution in [0.4, 0.5) is 0 Å². The molecule has 0 aromatic rings. The fourth-order valence-electron chi connectivity index (χ4n) is 0.979. The highest BCUT2D eigenvalue weighted by Gasteiger charge is 1.96. The van der Waals surface area contributed by atoms with E-state index in [1.807, 2.05) is 0 Å². The summed E-state index contributed by atoms with van der Waals surface area (Å²) < 4.78 is 0. The Morgan fingerprint density at radius 3 is 1.86 bits per heavy atom. The molecule has 0 bridgehead atoms. The summed E-state index contributed by atoms with van der Waals surface area (Å²) in [4.78, 5) is 0. The van der Waals surface area contributed by atoms with Crippen molar-refractivity contribution >= 4 is 9.52 Å². The zero-order valence-corrected chi connectivity index (χ0v) is 5.74. The average molecular weight is 112 g/mol. The molecule has 0 spiro atoms. The molecule has 1 rings (SSSR count). The van der Waals surface area contributed by atoms with E-state index in [4.69, 9.17) is 0 Å². The minimum absolute atomic E-state index is 1.29. The van der Waals surface area contributed by atoms with Gasteiger partial charge in [-0.1, -0.05) is 37.8 Å². The molecule has 0 atom stereocenters. The first kappa shape index (κ1) is 5.36. The van der Waals surface area contributed by atoms with Crippen LogP contribution in [0.2, 0.25) is 12.1 Å². The van der Waals surface area contributed by atoms with Crippen molar-refractivity contribution in [2.45, 2.75) is 37.8 Å². The van der Waals surface area contributed by atoms with Gasteiger partial charge in [-0.15, -0.1) is 0 Å². The van der Waals surface area contributed by atoms with Gasteiger partial charge >= 0.3 is 0 Å². The Morgan fingerprint density at radius 1 is 0.714 bits per heavy atom. The topological polar surface area (TPSA) is 0 Å². The normalized spacial score (nSPS) is 24.0. The van der Waals surface area contributed by atoms with Crippen LogP contribution in [0.1, 0.15) is 25.7 Å². The molecule has 1 heteroatoms. The Morgan fingerprint density at radius 2 is 1.29 bits per heavy atom. The second kappa shape index (κ2) is 3.25. The molecule has 0 unspecified atom stereocenters. The summed E-state index contributed by atoms with van der Waals surface area (Å²) in [6, 6.07) is 3.06. The van der Waals surface area contributed by atoms with Crippen molar-refractivity contribution < 1.29 is 0 Å². The third-order valence-electron chi connectivity index (χ3n) is 1.46. The van der Waals surface area contributed by atoms with E-state index in [-0.39, 0.29) is 0 Å². The molecule has 1 aliphatic heterocycles. The Balaban J connectivity index is 2.04. The molecule has 40 valence electrons. The molecule has 0 aliphatic carbocycles. The Labute approximate surface area is 48.1 Å². The minimum atomic E-state index is 1.29. The number of rotatable bonds is 0. The summed E-state index contributed by atoms with van der Waals surface area (Å²) in [5, 5.41) is 0. The van der Waals surface area contributed by atoms with Crippen molar-refractivity contribution in [1.29, 1.82) is 0 Å². The Hall–Kier alpha value is 0.217. The van der Waals surface area contributed by atoms with E-state index < -0.39 is 0 Å². The molecule has 2 radical (unpaired) electrons. The maximum atomic E-state index is 1.53. The molecule has 0 aromatic heterocycles. The molecule has 0 saturated carbocycles.